The lowest BCUT2D eigenvalue weighted by Crippen LogP contribution is -2.11. The fourth-order valence-corrected chi connectivity index (χ4v) is 4.60. The lowest BCUT2D eigenvalue weighted by Gasteiger charge is -2.10. The van der Waals surface area contributed by atoms with Crippen molar-refractivity contribution in [2.45, 2.75) is 11.8 Å². The van der Waals surface area contributed by atoms with Gasteiger partial charge in [-0.15, -0.1) is 0 Å². The number of nitrogens with zero attached hydrogens (tertiary/aromatic N) is 1. The number of hydrogen-bond donors (Lipinski definition) is 0. The molecule has 1 heterocycles. The summed E-state index contributed by atoms with van der Waals surface area (Å²) in [6.45, 7) is 1.43. The summed E-state index contributed by atoms with van der Waals surface area (Å²) in [6, 6.07) is 21.1. The van der Waals surface area contributed by atoms with Crippen molar-refractivity contribution in [3.8, 4) is 16.9 Å². The normalized spacial score (nSPS) is 11.7. The van der Waals surface area contributed by atoms with Gasteiger partial charge < -0.3 is 4.74 Å². The molecule has 0 atom stereocenters. The number of rotatable bonds is 6. The molecule has 1 aromatic heterocycles. The first-order valence-corrected chi connectivity index (χ1v) is 10.3. The van der Waals surface area contributed by atoms with E-state index in [2.05, 4.69) is 4.94 Å². The molecule has 4 rings (SSSR count). The first-order valence-electron chi connectivity index (χ1n) is 8.90. The van der Waals surface area contributed by atoms with Gasteiger partial charge in [0.15, 0.2) is 0 Å². The van der Waals surface area contributed by atoms with Gasteiger partial charge in [0.05, 0.1) is 10.4 Å². The largest absolute Gasteiger partial charge is 0.464 e. The number of aromatic nitrogens is 1. The molecule has 0 aliphatic rings. The van der Waals surface area contributed by atoms with E-state index in [9.17, 15) is 12.9 Å². The van der Waals surface area contributed by atoms with E-state index in [4.69, 9.17) is 4.74 Å². The molecule has 4 aromatic rings. The Kier molecular flexibility index (Phi) is 5.08. The van der Waals surface area contributed by atoms with Crippen LogP contribution in [-0.2, 0) is 15.0 Å². The minimum atomic E-state index is -3.71. The van der Waals surface area contributed by atoms with Gasteiger partial charge in [0, 0.05) is 11.6 Å². The average Bonchev–Trinajstić information content (AvgIpc) is 3.18. The third-order valence-corrected chi connectivity index (χ3v) is 6.41. The summed E-state index contributed by atoms with van der Waals surface area (Å²) in [5.74, 6) is 0.470. The Hall–Kier alpha value is -3.16. The second-order valence-electron chi connectivity index (χ2n) is 6.56. The van der Waals surface area contributed by atoms with Crippen LogP contribution >= 0.6 is 0 Å². The van der Waals surface area contributed by atoms with E-state index in [1.807, 2.05) is 31.2 Å². The van der Waals surface area contributed by atoms with Crippen LogP contribution in [0.3, 0.4) is 0 Å². The van der Waals surface area contributed by atoms with Crippen LogP contribution in [0.5, 0.6) is 5.75 Å². The van der Waals surface area contributed by atoms with E-state index in [1.54, 1.807) is 54.7 Å². The molecule has 0 fully saturated rings. The van der Waals surface area contributed by atoms with Crippen molar-refractivity contribution in [3.05, 3.63) is 84.6 Å². The molecule has 5 nitrogen and oxygen atoms in total. The Balaban J connectivity index is 1.76. The van der Waals surface area contributed by atoms with Crippen molar-refractivity contribution in [1.29, 1.82) is 0 Å². The molecule has 0 saturated heterocycles. The summed E-state index contributed by atoms with van der Waals surface area (Å²) in [5, 5.41) is 0.809. The highest BCUT2D eigenvalue weighted by Crippen LogP contribution is 2.32. The minimum Gasteiger partial charge on any atom is -0.464 e. The van der Waals surface area contributed by atoms with Crippen molar-refractivity contribution in [1.82, 2.24) is 3.97 Å². The number of aryl methyl sites for hydroxylation is 1. The number of ether oxygens (including phenoxy) is 1. The van der Waals surface area contributed by atoms with Crippen molar-refractivity contribution >= 4 is 20.9 Å². The topological polar surface area (TPSA) is 57.5 Å². The zero-order chi connectivity index (χ0) is 20.4. The van der Waals surface area contributed by atoms with Crippen LogP contribution in [0.25, 0.3) is 22.0 Å². The van der Waals surface area contributed by atoms with Crippen molar-refractivity contribution in [2.75, 3.05) is 6.79 Å². The fraction of sp³-hybridized carbons (Fsp3) is 0.0909. The van der Waals surface area contributed by atoms with Crippen LogP contribution in [-0.4, -0.2) is 19.2 Å². The van der Waals surface area contributed by atoms with Gasteiger partial charge in [0.1, 0.15) is 5.75 Å². The van der Waals surface area contributed by atoms with Gasteiger partial charge in [-0.25, -0.2) is 12.4 Å². The van der Waals surface area contributed by atoms with E-state index in [1.165, 1.54) is 3.97 Å². The second-order valence-corrected chi connectivity index (χ2v) is 8.38. The molecule has 0 spiro atoms. The van der Waals surface area contributed by atoms with Gasteiger partial charge in [-0.2, -0.15) is 4.94 Å². The summed E-state index contributed by atoms with van der Waals surface area (Å²) >= 11 is 0. The third-order valence-electron chi connectivity index (χ3n) is 4.71. The molecule has 148 valence electrons. The van der Waals surface area contributed by atoms with Crippen molar-refractivity contribution in [3.63, 3.8) is 0 Å². The average molecular weight is 411 g/mol. The quantitative estimate of drug-likeness (QED) is 0.415. The Morgan fingerprint density at radius 2 is 1.66 bits per heavy atom. The molecule has 0 unspecified atom stereocenters. The maximum absolute atomic E-state index is 13.1. The SMILES string of the molecule is Cc1ccc(S(=O)(=O)n2ccc3c(-c4ccc(OCOF)cc4)cccc32)cc1. The van der Waals surface area contributed by atoms with Gasteiger partial charge >= 0.3 is 0 Å². The van der Waals surface area contributed by atoms with Gasteiger partial charge in [-0.3, -0.25) is 0 Å². The molecule has 0 amide bonds. The van der Waals surface area contributed by atoms with Gasteiger partial charge in [0.2, 0.25) is 6.79 Å². The van der Waals surface area contributed by atoms with Crippen LogP contribution in [0, 0.1) is 6.92 Å². The number of benzene rings is 3. The Bertz CT molecular complexity index is 1250. The van der Waals surface area contributed by atoms with E-state index >= 15 is 0 Å². The first-order chi connectivity index (χ1) is 14.0. The summed E-state index contributed by atoms with van der Waals surface area (Å²) < 4.78 is 44.4. The van der Waals surface area contributed by atoms with Gasteiger partial charge in [0.25, 0.3) is 10.0 Å². The van der Waals surface area contributed by atoms with Crippen LogP contribution in [0.1, 0.15) is 5.56 Å². The van der Waals surface area contributed by atoms with Crippen LogP contribution in [0.2, 0.25) is 0 Å². The summed E-state index contributed by atoms with van der Waals surface area (Å²) in [7, 11) is -3.71. The smallest absolute Gasteiger partial charge is 0.268 e. The minimum absolute atomic E-state index is 0.239. The standard InChI is InChI=1S/C22H18FNO4S/c1-16-5-11-19(12-6-16)29(25,26)24-14-13-21-20(3-2-4-22(21)24)17-7-9-18(10-8-17)27-15-28-23/h2-14H,15H2,1H3. The predicted molar refractivity (Wildman–Crippen MR) is 109 cm³/mol. The number of halogens is 1. The zero-order valence-corrected chi connectivity index (χ0v) is 16.4. The van der Waals surface area contributed by atoms with E-state index in [-0.39, 0.29) is 4.90 Å². The Morgan fingerprint density at radius 1 is 0.931 bits per heavy atom. The maximum Gasteiger partial charge on any atom is 0.268 e. The molecular formula is C22H18FNO4S. The molecule has 0 N–H and O–H groups in total. The summed E-state index contributed by atoms with van der Waals surface area (Å²) in [6.07, 6.45) is 1.57. The van der Waals surface area contributed by atoms with Gasteiger partial charge in [-0.1, -0.05) is 42.0 Å². The molecule has 29 heavy (non-hydrogen) atoms. The molecule has 3 aromatic carbocycles. The Labute approximate surface area is 167 Å². The number of fused-ring (bicyclic) bond motifs is 1. The van der Waals surface area contributed by atoms with Crippen molar-refractivity contribution < 1.29 is 22.6 Å². The van der Waals surface area contributed by atoms with Crippen LogP contribution in [0.15, 0.2) is 83.9 Å². The molecule has 0 bridgehead atoms. The van der Waals surface area contributed by atoms with Gasteiger partial charge in [-0.05, 0) is 59.0 Å². The molecule has 7 heteroatoms. The van der Waals surface area contributed by atoms with E-state index in [0.29, 0.717) is 11.3 Å². The highest BCUT2D eigenvalue weighted by atomic mass is 32.2. The van der Waals surface area contributed by atoms with E-state index < -0.39 is 16.8 Å². The van der Waals surface area contributed by atoms with E-state index in [0.717, 1.165) is 22.1 Å². The molecule has 0 aliphatic heterocycles. The lowest BCUT2D eigenvalue weighted by molar-refractivity contribution is -0.183. The fourth-order valence-electron chi connectivity index (χ4n) is 3.25. The monoisotopic (exact) mass is 411 g/mol. The second kappa shape index (κ2) is 7.69. The number of hydrogen-bond acceptors (Lipinski definition) is 4. The molecule has 0 saturated carbocycles. The highest BCUT2D eigenvalue weighted by molar-refractivity contribution is 7.90. The lowest BCUT2D eigenvalue weighted by atomic mass is 10.0. The molecular weight excluding hydrogens is 393 g/mol. The maximum atomic E-state index is 13.1. The summed E-state index contributed by atoms with van der Waals surface area (Å²) in [4.78, 5) is 3.65. The molecule has 0 radical (unpaired) electrons. The first kappa shape index (κ1) is 19.2. The Morgan fingerprint density at radius 3 is 2.34 bits per heavy atom. The predicted octanol–water partition coefficient (Wildman–Crippen LogP) is 5.09. The van der Waals surface area contributed by atoms with Crippen LogP contribution < -0.4 is 4.74 Å². The van der Waals surface area contributed by atoms with Crippen LogP contribution in [0.4, 0.5) is 4.53 Å². The highest BCUT2D eigenvalue weighted by Gasteiger charge is 2.19. The van der Waals surface area contributed by atoms with Crippen molar-refractivity contribution in [2.24, 2.45) is 0 Å². The summed E-state index contributed by atoms with van der Waals surface area (Å²) in [5.41, 5.74) is 3.35. The molecule has 0 aliphatic carbocycles. The third kappa shape index (κ3) is 3.62. The zero-order valence-electron chi connectivity index (χ0n) is 15.6.